The molecular formula is C22H38O2. The summed E-state index contributed by atoms with van der Waals surface area (Å²) in [4.78, 5) is 10.6. The Hall–Kier alpha value is -1.31. The number of unbranched alkanes of at least 4 members (excludes halogenated alkanes) is 10. The molecular weight excluding hydrogens is 296 g/mol. The maximum Gasteiger partial charge on any atom is 0.330 e. The highest BCUT2D eigenvalue weighted by atomic mass is 16.4. The number of carboxylic acids is 1. The van der Waals surface area contributed by atoms with Crippen LogP contribution in [0.1, 0.15) is 97.3 Å². The van der Waals surface area contributed by atoms with Crippen LogP contribution >= 0.6 is 0 Å². The number of carboxylic acid groups (broad SMARTS) is 1. The van der Waals surface area contributed by atoms with Crippen LogP contribution in [0.25, 0.3) is 0 Å². The van der Waals surface area contributed by atoms with Crippen molar-refractivity contribution in [1.29, 1.82) is 0 Å². The van der Waals surface area contributed by atoms with Crippen molar-refractivity contribution < 1.29 is 9.90 Å². The quantitative estimate of drug-likeness (QED) is 0.184. The number of carbonyl (C=O) groups is 1. The first-order valence-corrected chi connectivity index (χ1v) is 9.88. The van der Waals surface area contributed by atoms with Gasteiger partial charge in [-0.1, -0.05) is 75.8 Å². The third kappa shape index (κ3) is 17.1. The molecule has 24 heavy (non-hydrogen) atoms. The third-order valence-electron chi connectivity index (χ3n) is 4.19. The minimum absolute atomic E-state index is 0.468. The van der Waals surface area contributed by atoms with Crippen LogP contribution in [-0.4, -0.2) is 11.1 Å². The lowest BCUT2D eigenvalue weighted by molar-refractivity contribution is -0.132. The van der Waals surface area contributed by atoms with Gasteiger partial charge in [0.05, 0.1) is 0 Å². The van der Waals surface area contributed by atoms with Gasteiger partial charge in [-0.2, -0.15) is 0 Å². The zero-order chi connectivity index (χ0) is 17.9. The Morgan fingerprint density at radius 2 is 1.25 bits per heavy atom. The van der Waals surface area contributed by atoms with Gasteiger partial charge in [0.2, 0.25) is 0 Å². The van der Waals surface area contributed by atoms with E-state index in [2.05, 4.69) is 31.2 Å². The molecule has 0 fully saturated rings. The van der Waals surface area contributed by atoms with Gasteiger partial charge in [-0.15, -0.1) is 0 Å². The summed E-state index contributed by atoms with van der Waals surface area (Å²) in [5.41, 5.74) is 0.468. The number of allylic oxidation sites excluding steroid dienone is 5. The lowest BCUT2D eigenvalue weighted by Gasteiger charge is -1.99. The van der Waals surface area contributed by atoms with Gasteiger partial charge in [0.15, 0.2) is 0 Å². The summed E-state index contributed by atoms with van der Waals surface area (Å²) >= 11 is 0. The average molecular weight is 335 g/mol. The second-order valence-electron chi connectivity index (χ2n) is 6.57. The number of aliphatic carboxylic acids is 1. The zero-order valence-corrected chi connectivity index (χ0v) is 15.9. The van der Waals surface area contributed by atoms with E-state index in [1.165, 1.54) is 64.2 Å². The van der Waals surface area contributed by atoms with E-state index in [9.17, 15) is 4.79 Å². The van der Waals surface area contributed by atoms with Crippen molar-refractivity contribution in [2.24, 2.45) is 0 Å². The fourth-order valence-electron chi connectivity index (χ4n) is 2.54. The SMILES string of the molecule is CCCCCCC=CCC=CCCCCCCCC=C(C)C(=O)O. The van der Waals surface area contributed by atoms with Crippen LogP contribution in [0.5, 0.6) is 0 Å². The Morgan fingerprint density at radius 1 is 0.750 bits per heavy atom. The highest BCUT2D eigenvalue weighted by molar-refractivity contribution is 5.85. The van der Waals surface area contributed by atoms with E-state index in [0.29, 0.717) is 5.57 Å². The molecule has 0 saturated heterocycles. The van der Waals surface area contributed by atoms with E-state index in [0.717, 1.165) is 19.3 Å². The molecule has 0 aromatic carbocycles. The minimum atomic E-state index is -0.798. The van der Waals surface area contributed by atoms with Crippen LogP contribution in [0.4, 0.5) is 0 Å². The second kappa shape index (κ2) is 18.0. The van der Waals surface area contributed by atoms with Crippen molar-refractivity contribution in [2.45, 2.75) is 97.3 Å². The van der Waals surface area contributed by atoms with Crippen LogP contribution in [0.3, 0.4) is 0 Å². The van der Waals surface area contributed by atoms with E-state index in [1.807, 2.05) is 6.08 Å². The maximum atomic E-state index is 10.6. The molecule has 0 unspecified atom stereocenters. The first-order chi connectivity index (χ1) is 11.7. The lowest BCUT2D eigenvalue weighted by Crippen LogP contribution is -1.95. The molecule has 2 heteroatoms. The monoisotopic (exact) mass is 334 g/mol. The van der Waals surface area contributed by atoms with Crippen LogP contribution in [0.15, 0.2) is 36.0 Å². The van der Waals surface area contributed by atoms with Gasteiger partial charge in [0.25, 0.3) is 0 Å². The van der Waals surface area contributed by atoms with Crippen LogP contribution in [-0.2, 0) is 4.79 Å². The summed E-state index contributed by atoms with van der Waals surface area (Å²) in [6, 6.07) is 0. The Bertz CT molecular complexity index is 377. The molecule has 0 rings (SSSR count). The summed E-state index contributed by atoms with van der Waals surface area (Å²) in [5, 5.41) is 8.74. The van der Waals surface area contributed by atoms with Crippen molar-refractivity contribution in [2.75, 3.05) is 0 Å². The molecule has 0 aromatic rings. The molecule has 0 spiro atoms. The van der Waals surface area contributed by atoms with Gasteiger partial charge >= 0.3 is 5.97 Å². The highest BCUT2D eigenvalue weighted by Crippen LogP contribution is 2.09. The molecule has 0 saturated carbocycles. The lowest BCUT2D eigenvalue weighted by atomic mass is 10.1. The topological polar surface area (TPSA) is 37.3 Å². The minimum Gasteiger partial charge on any atom is -0.478 e. The molecule has 0 aliphatic heterocycles. The maximum absolute atomic E-state index is 10.6. The van der Waals surface area contributed by atoms with Crippen LogP contribution in [0.2, 0.25) is 0 Å². The zero-order valence-electron chi connectivity index (χ0n) is 15.9. The Balaban J connectivity index is 3.31. The Morgan fingerprint density at radius 3 is 1.79 bits per heavy atom. The van der Waals surface area contributed by atoms with Crippen LogP contribution in [0, 0.1) is 0 Å². The van der Waals surface area contributed by atoms with E-state index in [-0.39, 0.29) is 0 Å². The second-order valence-corrected chi connectivity index (χ2v) is 6.57. The number of hydrogen-bond acceptors (Lipinski definition) is 1. The van der Waals surface area contributed by atoms with Crippen molar-refractivity contribution in [3.63, 3.8) is 0 Å². The molecule has 2 nitrogen and oxygen atoms in total. The molecule has 0 heterocycles. The smallest absolute Gasteiger partial charge is 0.330 e. The van der Waals surface area contributed by atoms with Gasteiger partial charge in [-0.3, -0.25) is 0 Å². The Kier molecular flexibility index (Phi) is 17.1. The molecule has 0 bridgehead atoms. The van der Waals surface area contributed by atoms with Crippen molar-refractivity contribution in [3.05, 3.63) is 36.0 Å². The number of rotatable bonds is 16. The number of hydrogen-bond donors (Lipinski definition) is 1. The fourth-order valence-corrected chi connectivity index (χ4v) is 2.54. The van der Waals surface area contributed by atoms with Crippen molar-refractivity contribution in [3.8, 4) is 0 Å². The predicted molar refractivity (Wildman–Crippen MR) is 105 cm³/mol. The standard InChI is InChI=1S/C22H38O2/c1-3-4-5-6-7-8-9-10-11-12-13-14-15-16-17-18-19-20-21(2)22(23)24/h8-9,11-12,20H,3-7,10,13-19H2,1-2H3,(H,23,24). The van der Waals surface area contributed by atoms with Crippen LogP contribution < -0.4 is 0 Å². The van der Waals surface area contributed by atoms with Gasteiger partial charge in [-0.05, 0) is 51.9 Å². The Labute approximate surface area is 149 Å². The van der Waals surface area contributed by atoms with E-state index in [1.54, 1.807) is 6.92 Å². The highest BCUT2D eigenvalue weighted by Gasteiger charge is 1.97. The fraction of sp³-hybridized carbons (Fsp3) is 0.682. The van der Waals surface area contributed by atoms with E-state index >= 15 is 0 Å². The van der Waals surface area contributed by atoms with Crippen molar-refractivity contribution >= 4 is 5.97 Å². The molecule has 1 N–H and O–H groups in total. The van der Waals surface area contributed by atoms with Crippen molar-refractivity contribution in [1.82, 2.24) is 0 Å². The molecule has 0 radical (unpaired) electrons. The summed E-state index contributed by atoms with van der Waals surface area (Å²) in [6.45, 7) is 3.91. The summed E-state index contributed by atoms with van der Waals surface area (Å²) < 4.78 is 0. The third-order valence-corrected chi connectivity index (χ3v) is 4.19. The van der Waals surface area contributed by atoms with Gasteiger partial charge in [0.1, 0.15) is 0 Å². The summed E-state index contributed by atoms with van der Waals surface area (Å²) in [6.07, 6.45) is 26.9. The van der Waals surface area contributed by atoms with E-state index < -0.39 is 5.97 Å². The van der Waals surface area contributed by atoms with Gasteiger partial charge in [0, 0.05) is 5.57 Å². The van der Waals surface area contributed by atoms with Gasteiger partial charge < -0.3 is 5.11 Å². The summed E-state index contributed by atoms with van der Waals surface area (Å²) in [7, 11) is 0. The first kappa shape index (κ1) is 22.7. The molecule has 0 atom stereocenters. The normalized spacial score (nSPS) is 12.5. The molecule has 0 aliphatic carbocycles. The molecule has 0 aliphatic rings. The molecule has 138 valence electrons. The molecule has 0 aromatic heterocycles. The predicted octanol–water partition coefficient (Wildman–Crippen LogP) is 7.22. The largest absolute Gasteiger partial charge is 0.478 e. The average Bonchev–Trinajstić information content (AvgIpc) is 2.57. The summed E-state index contributed by atoms with van der Waals surface area (Å²) in [5.74, 6) is -0.798. The van der Waals surface area contributed by atoms with Gasteiger partial charge in [-0.25, -0.2) is 4.79 Å². The van der Waals surface area contributed by atoms with E-state index in [4.69, 9.17) is 5.11 Å². The molecule has 0 amide bonds. The first-order valence-electron chi connectivity index (χ1n) is 9.88.